The van der Waals surface area contributed by atoms with Crippen molar-refractivity contribution in [3.8, 4) is 0 Å². The first kappa shape index (κ1) is 87.7. The molecule has 2 saturated carbocycles. The van der Waals surface area contributed by atoms with Crippen molar-refractivity contribution < 1.29 is 18.8 Å². The van der Waals surface area contributed by atoms with Crippen molar-refractivity contribution in [1.29, 1.82) is 0 Å². The Morgan fingerprint density at radius 3 is 2.00 bits per heavy atom. The molecule has 4 rings (SSSR count). The van der Waals surface area contributed by atoms with Gasteiger partial charge in [0.1, 0.15) is 12.5 Å². The Hall–Kier alpha value is -2.27. The number of unbranched alkanes of at least 4 members (excludes halogenated alkanes) is 2. The van der Waals surface area contributed by atoms with Gasteiger partial charge in [-0.2, -0.15) is 0 Å². The van der Waals surface area contributed by atoms with E-state index in [1.807, 2.05) is 6.08 Å². The summed E-state index contributed by atoms with van der Waals surface area (Å²) in [4.78, 5) is 44.7. The van der Waals surface area contributed by atoms with Crippen LogP contribution in [0.5, 0.6) is 0 Å². The number of Topliss-reactive ketones (excluding diaryl/α,β-unsaturated/α-hetero) is 1. The Bertz CT molecular complexity index is 2290. The van der Waals surface area contributed by atoms with Gasteiger partial charge < -0.3 is 20.4 Å². The second kappa shape index (κ2) is 47.6. The number of ketones is 1. The number of halogens is 1. The molecular weight excluding hydrogens is 1190 g/mol. The van der Waals surface area contributed by atoms with E-state index in [2.05, 4.69) is 185 Å². The van der Waals surface area contributed by atoms with Crippen LogP contribution in [0.15, 0.2) is 70.1 Å². The van der Waals surface area contributed by atoms with Gasteiger partial charge in [0, 0.05) is 79.3 Å². The minimum atomic E-state index is -0.626. The summed E-state index contributed by atoms with van der Waals surface area (Å²) >= 11 is 7.14. The van der Waals surface area contributed by atoms with E-state index < -0.39 is 6.17 Å². The maximum Gasteiger partial charge on any atom is 0.189 e. The van der Waals surface area contributed by atoms with Gasteiger partial charge >= 0.3 is 0 Å². The fourth-order valence-corrected chi connectivity index (χ4v) is 15.1. The standard InChI is InChI=1S/C26H51N3OS2.C22H36NOP.C19H31FO.C13H27N/c1-6-9-13-23(8-3)28-25(31)15-10-11-16-26(30)32-24-14-12-17-29(20-24)19-21(4)18-27-22(5)7-2;1-7-15(2)23-14-22(5,6)16(3)21(23)13-19(17(4)24)12-18-8-10-20(25)11-9-18;1-6-19(4,5)15(3)14(2)11-17(13-21)12-16-7-9-18(20)10-8-16;1-7-13(8-2)14(9-11(3)4)10-12(5)6/h21-24,27H,6-20H2,1-5H3,(H,28,31);13,18,20H,2,7-12,14,25H2,1,3-6H3;11,13,16,18H,6-10,12H2,1-5H3;12-13H,3,7-10H2,1-2,4-6H3/b;19-13-;15-14+,17-11-;/t21?,22-,23?,24-;;;/m1.../s1. The van der Waals surface area contributed by atoms with Crippen LogP contribution in [0.2, 0.25) is 0 Å². The number of nitrogens with one attached hydrogen (secondary N) is 2. The number of nitrogens with zero attached hydrogens (tertiary/aromatic N) is 3. The summed E-state index contributed by atoms with van der Waals surface area (Å²) in [5, 5.41) is 7.99. The average Bonchev–Trinajstić information content (AvgIpc) is 1.64. The number of piperidine rings is 1. The molecule has 532 valence electrons. The average molecular weight is 1340 g/mol. The van der Waals surface area contributed by atoms with E-state index in [9.17, 15) is 18.8 Å². The molecule has 2 aliphatic carbocycles. The topological polar surface area (TPSA) is 85.0 Å². The molecular formula is C80H145FN5O3PS2. The molecule has 2 aliphatic heterocycles. The van der Waals surface area contributed by atoms with Gasteiger partial charge in [0.2, 0.25) is 0 Å². The van der Waals surface area contributed by atoms with Crippen molar-refractivity contribution in [2.75, 3.05) is 45.8 Å². The summed E-state index contributed by atoms with van der Waals surface area (Å²) in [5.41, 5.74) is 10.5. The molecule has 0 aromatic carbocycles. The summed E-state index contributed by atoms with van der Waals surface area (Å²) in [6.45, 7) is 60.0. The SMILES string of the molecule is C=C(C)CN(CC(C)C)C(CC)CC.C=C(CC)N1CC(C)(C)C(C)=C1/C=C(/CC1CCC(P)CC1)C(C)=O.CCC(C)(C)/C(C)=C(C)/C=C(\C=O)CC1CCC(F)CC1.CCCCC(CC)NC(=S)CCCCC(=O)S[C@@H]1CCCN(CC(C)CN[C@H](C)CC)C1. The highest BCUT2D eigenvalue weighted by Crippen LogP contribution is 2.42. The molecule has 3 unspecified atom stereocenters. The Morgan fingerprint density at radius 1 is 0.859 bits per heavy atom. The fourth-order valence-electron chi connectivity index (χ4n) is 13.2. The van der Waals surface area contributed by atoms with Gasteiger partial charge in [-0.15, -0.1) is 9.24 Å². The number of thioether (sulfide) groups is 1. The van der Waals surface area contributed by atoms with Gasteiger partial charge in [-0.3, -0.25) is 19.3 Å². The Kier molecular flexibility index (Phi) is 45.4. The second-order valence-electron chi connectivity index (χ2n) is 30.4. The first-order valence-electron chi connectivity index (χ1n) is 37.3. The van der Waals surface area contributed by atoms with Crippen LogP contribution < -0.4 is 10.6 Å². The maximum atomic E-state index is 13.2. The summed E-state index contributed by atoms with van der Waals surface area (Å²) in [6, 6.07) is 1.84. The molecule has 3 fully saturated rings. The fraction of sp³-hybridized carbons (Fsp3) is 0.800. The number of alkyl halides is 1. The van der Waals surface area contributed by atoms with Crippen LogP contribution >= 0.6 is 33.2 Å². The van der Waals surface area contributed by atoms with Crippen LogP contribution in [-0.2, 0) is 14.4 Å². The Labute approximate surface area is 580 Å². The third-order valence-corrected chi connectivity index (χ3v) is 22.8. The number of thiocarbonyl (C=S) groups is 1. The van der Waals surface area contributed by atoms with Crippen molar-refractivity contribution in [3.05, 3.63) is 70.1 Å². The number of allylic oxidation sites excluding steroid dienone is 7. The van der Waals surface area contributed by atoms with E-state index in [1.54, 1.807) is 18.7 Å². The monoisotopic (exact) mass is 1340 g/mol. The largest absolute Gasteiger partial charge is 0.377 e. The van der Waals surface area contributed by atoms with Gasteiger partial charge in [0.05, 0.1) is 4.99 Å². The van der Waals surface area contributed by atoms with Crippen LogP contribution in [0.4, 0.5) is 4.39 Å². The molecule has 2 heterocycles. The highest BCUT2D eigenvalue weighted by atomic mass is 32.2. The summed E-state index contributed by atoms with van der Waals surface area (Å²) < 4.78 is 13.2. The lowest BCUT2D eigenvalue weighted by Crippen LogP contribution is -2.42. The van der Waals surface area contributed by atoms with E-state index in [0.717, 1.165) is 143 Å². The zero-order valence-corrected chi connectivity index (χ0v) is 66.2. The smallest absolute Gasteiger partial charge is 0.189 e. The first-order valence-corrected chi connectivity index (χ1v) is 39.2. The lowest BCUT2D eigenvalue weighted by molar-refractivity contribution is -0.114. The third kappa shape index (κ3) is 35.8. The summed E-state index contributed by atoms with van der Waals surface area (Å²) in [6.07, 6.45) is 31.0. The third-order valence-electron chi connectivity index (χ3n) is 20.6. The number of likely N-dealkylation sites (tertiary alicyclic amines) is 1. The number of carbonyl (C=O) groups is 3. The Morgan fingerprint density at radius 2 is 1.47 bits per heavy atom. The molecule has 5 atom stereocenters. The molecule has 92 heavy (non-hydrogen) atoms. The molecule has 4 aliphatic rings. The van der Waals surface area contributed by atoms with Crippen LogP contribution in [-0.4, -0.2) is 118 Å². The van der Waals surface area contributed by atoms with Crippen molar-refractivity contribution in [3.63, 3.8) is 0 Å². The normalized spacial score (nSPS) is 21.9. The van der Waals surface area contributed by atoms with E-state index in [4.69, 9.17) is 12.2 Å². The molecule has 2 N–H and O–H groups in total. The molecule has 0 aromatic rings. The van der Waals surface area contributed by atoms with E-state index in [-0.39, 0.29) is 16.6 Å². The van der Waals surface area contributed by atoms with Gasteiger partial charge in [0.15, 0.2) is 10.9 Å². The van der Waals surface area contributed by atoms with Crippen LogP contribution in [0.3, 0.4) is 0 Å². The Balaban J connectivity index is 0.000000637. The molecule has 8 nitrogen and oxygen atoms in total. The zero-order valence-electron chi connectivity index (χ0n) is 63.4. The van der Waals surface area contributed by atoms with Crippen LogP contribution in [0.1, 0.15) is 299 Å². The lowest BCUT2D eigenvalue weighted by Gasteiger charge is -2.34. The van der Waals surface area contributed by atoms with Crippen LogP contribution in [0, 0.1) is 34.5 Å². The van der Waals surface area contributed by atoms with E-state index >= 15 is 0 Å². The van der Waals surface area contributed by atoms with Crippen molar-refractivity contribution >= 4 is 55.4 Å². The predicted molar refractivity (Wildman–Crippen MR) is 412 cm³/mol. The lowest BCUT2D eigenvalue weighted by atomic mass is 9.79. The van der Waals surface area contributed by atoms with Gasteiger partial charge in [-0.05, 0) is 253 Å². The molecule has 0 bridgehead atoms. The van der Waals surface area contributed by atoms with Gasteiger partial charge in [0.25, 0.3) is 0 Å². The summed E-state index contributed by atoms with van der Waals surface area (Å²) in [7, 11) is 2.96. The first-order chi connectivity index (χ1) is 43.3. The number of carbonyl (C=O) groups excluding carboxylic acids is 3. The van der Waals surface area contributed by atoms with E-state index in [0.29, 0.717) is 59.5 Å². The van der Waals surface area contributed by atoms with Crippen molar-refractivity contribution in [2.45, 2.75) is 334 Å². The summed E-state index contributed by atoms with van der Waals surface area (Å²) in [5.74, 6) is 2.75. The molecule has 0 radical (unpaired) electrons. The van der Waals surface area contributed by atoms with Gasteiger partial charge in [-0.25, -0.2) is 4.39 Å². The second-order valence-corrected chi connectivity index (χ2v) is 33.2. The molecule has 0 aromatic heterocycles. The number of aldehydes is 1. The molecule has 0 amide bonds. The van der Waals surface area contributed by atoms with Crippen molar-refractivity contribution in [2.24, 2.45) is 34.5 Å². The minimum Gasteiger partial charge on any atom is -0.377 e. The minimum absolute atomic E-state index is 0.128. The zero-order chi connectivity index (χ0) is 69.7. The predicted octanol–water partition coefficient (Wildman–Crippen LogP) is 21.6. The van der Waals surface area contributed by atoms with Crippen molar-refractivity contribution in [1.82, 2.24) is 25.3 Å². The highest BCUT2D eigenvalue weighted by Gasteiger charge is 2.36. The van der Waals surface area contributed by atoms with Crippen LogP contribution in [0.25, 0.3) is 0 Å². The quantitative estimate of drug-likeness (QED) is 0.0120. The number of rotatable bonds is 36. The molecule has 1 saturated heterocycles. The van der Waals surface area contributed by atoms with Gasteiger partial charge in [-0.1, -0.05) is 170 Å². The number of hydrogen-bond donors (Lipinski definition) is 2. The highest BCUT2D eigenvalue weighted by molar-refractivity contribution is 8.14. The van der Waals surface area contributed by atoms with E-state index in [1.165, 1.54) is 118 Å². The number of hydrogen-bond acceptors (Lipinski definition) is 9. The molecule has 0 spiro atoms. The molecule has 12 heteroatoms. The maximum absolute atomic E-state index is 13.2.